The third-order valence-electron chi connectivity index (χ3n) is 2.06. The number of esters is 1. The molecule has 0 heterocycles. The van der Waals surface area contributed by atoms with E-state index in [2.05, 4.69) is 11.9 Å². The molecule has 0 aromatic carbocycles. The topological polar surface area (TPSA) is 110 Å². The predicted octanol–water partition coefficient (Wildman–Crippen LogP) is 0.280. The van der Waals surface area contributed by atoms with Gasteiger partial charge in [0.05, 0.1) is 12.4 Å². The molecule has 19 heavy (non-hydrogen) atoms. The number of nitrogens with one attached hydrogen (secondary N) is 1. The van der Waals surface area contributed by atoms with E-state index < -0.39 is 21.8 Å². The summed E-state index contributed by atoms with van der Waals surface area (Å²) in [5, 5.41) is 2.36. The van der Waals surface area contributed by atoms with Crippen molar-refractivity contribution in [2.75, 3.05) is 18.9 Å². The Morgan fingerprint density at radius 2 is 1.95 bits per heavy atom. The van der Waals surface area contributed by atoms with Crippen molar-refractivity contribution in [3.8, 4) is 0 Å². The second-order valence-corrected chi connectivity index (χ2v) is 5.58. The van der Waals surface area contributed by atoms with Gasteiger partial charge in [-0.3, -0.25) is 9.35 Å². The van der Waals surface area contributed by atoms with Crippen molar-refractivity contribution in [2.24, 2.45) is 0 Å². The van der Waals surface area contributed by atoms with Crippen LogP contribution in [0.2, 0.25) is 0 Å². The number of amides is 1. The van der Waals surface area contributed by atoms with E-state index in [0.717, 1.165) is 0 Å². The van der Waals surface area contributed by atoms with E-state index in [0.29, 0.717) is 18.4 Å². The van der Waals surface area contributed by atoms with Crippen LogP contribution in [0.1, 0.15) is 26.2 Å². The molecule has 0 spiro atoms. The molecule has 8 heteroatoms. The Morgan fingerprint density at radius 1 is 1.32 bits per heavy atom. The van der Waals surface area contributed by atoms with Gasteiger partial charge in [0.1, 0.15) is 0 Å². The van der Waals surface area contributed by atoms with Gasteiger partial charge in [0.2, 0.25) is 5.91 Å². The first-order valence-corrected chi connectivity index (χ1v) is 7.38. The molecule has 0 radical (unpaired) electrons. The summed E-state index contributed by atoms with van der Waals surface area (Å²) in [7, 11) is -4.05. The van der Waals surface area contributed by atoms with Crippen molar-refractivity contribution < 1.29 is 27.3 Å². The van der Waals surface area contributed by atoms with Crippen LogP contribution in [0.25, 0.3) is 0 Å². The SMILES string of the molecule is C=C(C)C(=O)OCCCCC(=O)NCCS(=O)(=O)O. The van der Waals surface area contributed by atoms with Gasteiger partial charge in [-0.05, 0) is 19.8 Å². The van der Waals surface area contributed by atoms with E-state index in [4.69, 9.17) is 9.29 Å². The molecule has 7 nitrogen and oxygen atoms in total. The Hall–Kier alpha value is -1.41. The minimum atomic E-state index is -4.05. The third-order valence-corrected chi connectivity index (χ3v) is 2.78. The zero-order valence-corrected chi connectivity index (χ0v) is 11.7. The minimum absolute atomic E-state index is 0.123. The molecule has 0 aromatic rings. The molecule has 0 aliphatic heterocycles. The fourth-order valence-corrected chi connectivity index (χ4v) is 1.44. The lowest BCUT2D eigenvalue weighted by atomic mass is 10.2. The summed E-state index contributed by atoms with van der Waals surface area (Å²) < 4.78 is 34.0. The largest absolute Gasteiger partial charge is 0.462 e. The minimum Gasteiger partial charge on any atom is -0.462 e. The maximum atomic E-state index is 11.2. The van der Waals surface area contributed by atoms with Crippen LogP contribution in [0.4, 0.5) is 0 Å². The Bertz CT molecular complexity index is 428. The lowest BCUT2D eigenvalue weighted by molar-refractivity contribution is -0.139. The summed E-state index contributed by atoms with van der Waals surface area (Å²) in [4.78, 5) is 22.2. The van der Waals surface area contributed by atoms with E-state index in [1.807, 2.05) is 0 Å². The van der Waals surface area contributed by atoms with Crippen LogP contribution in [-0.2, 0) is 24.4 Å². The molecule has 0 fully saturated rings. The van der Waals surface area contributed by atoms with Crippen molar-refractivity contribution in [2.45, 2.75) is 26.2 Å². The van der Waals surface area contributed by atoms with Crippen molar-refractivity contribution in [3.63, 3.8) is 0 Å². The summed E-state index contributed by atoms with van der Waals surface area (Å²) in [6.07, 6.45) is 1.25. The van der Waals surface area contributed by atoms with Gasteiger partial charge in [0.25, 0.3) is 10.1 Å². The average Bonchev–Trinajstić information content (AvgIpc) is 2.26. The van der Waals surface area contributed by atoms with E-state index in [1.165, 1.54) is 0 Å². The molecule has 0 atom stereocenters. The highest BCUT2D eigenvalue weighted by molar-refractivity contribution is 7.85. The maximum absolute atomic E-state index is 11.2. The molecule has 0 bridgehead atoms. The van der Waals surface area contributed by atoms with Gasteiger partial charge < -0.3 is 10.1 Å². The van der Waals surface area contributed by atoms with Gasteiger partial charge in [0, 0.05) is 18.5 Å². The highest BCUT2D eigenvalue weighted by Crippen LogP contribution is 1.99. The summed E-state index contributed by atoms with van der Waals surface area (Å²) in [5.41, 5.74) is 0.322. The maximum Gasteiger partial charge on any atom is 0.333 e. The van der Waals surface area contributed by atoms with Crippen LogP contribution in [0.15, 0.2) is 12.2 Å². The van der Waals surface area contributed by atoms with Crippen LogP contribution in [0, 0.1) is 0 Å². The molecule has 0 unspecified atom stereocenters. The van der Waals surface area contributed by atoms with E-state index >= 15 is 0 Å². The van der Waals surface area contributed by atoms with Crippen LogP contribution in [0.3, 0.4) is 0 Å². The van der Waals surface area contributed by atoms with Gasteiger partial charge in [-0.15, -0.1) is 0 Å². The van der Waals surface area contributed by atoms with Gasteiger partial charge in [-0.25, -0.2) is 4.79 Å². The summed E-state index contributed by atoms with van der Waals surface area (Å²) in [6, 6.07) is 0. The number of carbonyl (C=O) groups excluding carboxylic acids is 2. The fraction of sp³-hybridized carbons (Fsp3) is 0.636. The number of rotatable bonds is 9. The molecule has 0 aliphatic carbocycles. The molecule has 0 rings (SSSR count). The van der Waals surface area contributed by atoms with Gasteiger partial charge in [-0.2, -0.15) is 8.42 Å². The van der Waals surface area contributed by atoms with E-state index in [9.17, 15) is 18.0 Å². The highest BCUT2D eigenvalue weighted by Gasteiger charge is 2.07. The Labute approximate surface area is 112 Å². The zero-order valence-electron chi connectivity index (χ0n) is 10.8. The molecule has 0 saturated carbocycles. The van der Waals surface area contributed by atoms with Crippen LogP contribution in [0.5, 0.6) is 0 Å². The fourth-order valence-electron chi connectivity index (χ4n) is 1.08. The molecule has 110 valence electrons. The van der Waals surface area contributed by atoms with Crippen LogP contribution < -0.4 is 5.32 Å². The number of ether oxygens (including phenoxy) is 1. The summed E-state index contributed by atoms with van der Waals surface area (Å²) in [6.45, 7) is 5.06. The molecular weight excluding hydrogens is 274 g/mol. The highest BCUT2D eigenvalue weighted by atomic mass is 32.2. The second-order valence-electron chi connectivity index (χ2n) is 4.01. The Morgan fingerprint density at radius 3 is 2.47 bits per heavy atom. The average molecular weight is 293 g/mol. The molecule has 0 aliphatic rings. The first kappa shape index (κ1) is 17.6. The monoisotopic (exact) mass is 293 g/mol. The lowest BCUT2D eigenvalue weighted by Gasteiger charge is -2.05. The van der Waals surface area contributed by atoms with Crippen LogP contribution in [-0.4, -0.2) is 43.8 Å². The summed E-state index contributed by atoms with van der Waals surface area (Å²) in [5.74, 6) is -1.28. The zero-order chi connectivity index (χ0) is 14.9. The standard InChI is InChI=1S/C11H19NO6S/c1-9(2)11(14)18-7-4-3-5-10(13)12-6-8-19(15,16)17/h1,3-8H2,2H3,(H,12,13)(H,15,16,17). The molecule has 0 saturated heterocycles. The normalized spacial score (nSPS) is 10.8. The van der Waals surface area contributed by atoms with Crippen molar-refractivity contribution in [1.29, 1.82) is 0 Å². The molecule has 0 aromatic heterocycles. The molecule has 2 N–H and O–H groups in total. The van der Waals surface area contributed by atoms with Gasteiger partial charge >= 0.3 is 5.97 Å². The Balaban J connectivity index is 3.54. The van der Waals surface area contributed by atoms with Crippen molar-refractivity contribution in [1.82, 2.24) is 5.32 Å². The van der Waals surface area contributed by atoms with Crippen LogP contribution >= 0.6 is 0 Å². The predicted molar refractivity (Wildman–Crippen MR) is 69.0 cm³/mol. The second kappa shape index (κ2) is 8.65. The van der Waals surface area contributed by atoms with Crippen molar-refractivity contribution >= 4 is 22.0 Å². The van der Waals surface area contributed by atoms with Crippen molar-refractivity contribution in [3.05, 3.63) is 12.2 Å². The van der Waals surface area contributed by atoms with E-state index in [1.54, 1.807) is 6.92 Å². The first-order chi connectivity index (χ1) is 8.72. The molecular formula is C11H19NO6S. The third kappa shape index (κ3) is 11.4. The lowest BCUT2D eigenvalue weighted by Crippen LogP contribution is -2.28. The Kier molecular flexibility index (Phi) is 8.01. The number of unbranched alkanes of at least 4 members (excludes halogenated alkanes) is 1. The number of hydrogen-bond acceptors (Lipinski definition) is 5. The van der Waals surface area contributed by atoms with E-state index in [-0.39, 0.29) is 25.5 Å². The van der Waals surface area contributed by atoms with Gasteiger partial charge in [-0.1, -0.05) is 6.58 Å². The smallest absolute Gasteiger partial charge is 0.333 e. The number of hydrogen-bond donors (Lipinski definition) is 2. The van der Waals surface area contributed by atoms with Gasteiger partial charge in [0.15, 0.2) is 0 Å². The first-order valence-electron chi connectivity index (χ1n) is 5.77. The number of carbonyl (C=O) groups is 2. The summed E-state index contributed by atoms with van der Waals surface area (Å²) >= 11 is 0. The molecule has 1 amide bonds. The quantitative estimate of drug-likeness (QED) is 0.273.